The Morgan fingerprint density at radius 3 is 2.76 bits per heavy atom. The van der Waals surface area contributed by atoms with Crippen LogP contribution >= 0.6 is 0 Å². The summed E-state index contributed by atoms with van der Waals surface area (Å²) in [6, 6.07) is 9.42. The number of aromatic nitrogens is 1. The number of anilines is 2. The second-order valence-electron chi connectivity index (χ2n) is 6.03. The molecule has 5 heteroatoms. The van der Waals surface area contributed by atoms with E-state index < -0.39 is 0 Å². The third-order valence-corrected chi connectivity index (χ3v) is 3.32. The zero-order valence-electron chi connectivity index (χ0n) is 12.2. The highest BCUT2D eigenvalue weighted by atomic mass is 16.5. The average Bonchev–Trinajstić information content (AvgIpc) is 3.00. The van der Waals surface area contributed by atoms with Crippen LogP contribution in [0.5, 0.6) is 0 Å². The molecule has 0 atom stereocenters. The second kappa shape index (κ2) is 4.77. The highest BCUT2D eigenvalue weighted by molar-refractivity contribution is 6.31. The molecule has 0 saturated heterocycles. The maximum absolute atomic E-state index is 12.0. The van der Waals surface area contributed by atoms with E-state index in [2.05, 4.69) is 36.6 Å². The first-order chi connectivity index (χ1) is 9.95. The predicted octanol–water partition coefficient (Wildman–Crippen LogP) is 3.38. The fourth-order valence-electron chi connectivity index (χ4n) is 2.13. The highest BCUT2D eigenvalue weighted by Gasteiger charge is 2.24. The molecule has 0 spiro atoms. The molecule has 5 nitrogen and oxygen atoms in total. The van der Waals surface area contributed by atoms with Gasteiger partial charge < -0.3 is 15.2 Å². The minimum Gasteiger partial charge on any atom is -0.359 e. The van der Waals surface area contributed by atoms with Crippen LogP contribution in [-0.2, 0) is 10.2 Å². The van der Waals surface area contributed by atoms with E-state index in [1.165, 1.54) is 0 Å². The number of hydrogen-bond acceptors (Lipinski definition) is 4. The van der Waals surface area contributed by atoms with Crippen molar-refractivity contribution in [2.45, 2.75) is 26.2 Å². The summed E-state index contributed by atoms with van der Waals surface area (Å²) in [5, 5.41) is 9.81. The summed E-state index contributed by atoms with van der Waals surface area (Å²) in [6.45, 7) is 6.16. The molecule has 1 aliphatic heterocycles. The smallest absolute Gasteiger partial charge is 0.257 e. The average molecular weight is 283 g/mol. The van der Waals surface area contributed by atoms with Gasteiger partial charge in [0, 0.05) is 28.9 Å². The molecular formula is C16H17N3O2. The summed E-state index contributed by atoms with van der Waals surface area (Å²) in [4.78, 5) is 12.0. The van der Waals surface area contributed by atoms with Crippen molar-refractivity contribution in [3.63, 3.8) is 0 Å². The van der Waals surface area contributed by atoms with Crippen LogP contribution in [0.1, 0.15) is 32.1 Å². The normalized spacial score (nSPS) is 16.0. The van der Waals surface area contributed by atoms with Crippen LogP contribution in [0.4, 0.5) is 11.5 Å². The molecule has 108 valence electrons. The Balaban J connectivity index is 1.84. The summed E-state index contributed by atoms with van der Waals surface area (Å²) in [5.74, 6) is 1.26. The number of hydrogen-bond donors (Lipinski definition) is 2. The van der Waals surface area contributed by atoms with Crippen LogP contribution < -0.4 is 10.6 Å². The number of fused-ring (bicyclic) bond motifs is 1. The van der Waals surface area contributed by atoms with E-state index in [0.29, 0.717) is 11.4 Å². The molecule has 2 heterocycles. The zero-order chi connectivity index (χ0) is 15.0. The lowest BCUT2D eigenvalue weighted by Gasteiger charge is -2.11. The van der Waals surface area contributed by atoms with Gasteiger partial charge in [0.15, 0.2) is 5.82 Å². The molecule has 0 fully saturated rings. The van der Waals surface area contributed by atoms with Crippen LogP contribution in [0, 0.1) is 0 Å². The maximum atomic E-state index is 12.0. The van der Waals surface area contributed by atoms with E-state index in [1.54, 1.807) is 6.20 Å². The van der Waals surface area contributed by atoms with Crippen molar-refractivity contribution in [1.82, 2.24) is 5.16 Å². The predicted molar refractivity (Wildman–Crippen MR) is 81.9 cm³/mol. The quantitative estimate of drug-likeness (QED) is 0.829. The van der Waals surface area contributed by atoms with Crippen molar-refractivity contribution in [2.24, 2.45) is 0 Å². The molecule has 0 radical (unpaired) electrons. The Morgan fingerprint density at radius 2 is 2.05 bits per heavy atom. The standard InChI is InChI=1S/C16H17N3O2/c1-16(2,3)13-8-14(19-21-13)17-9-11-10-6-4-5-7-12(10)18-15(11)20/h4-9H,1-3H3,(H,17,19)(H,18,20)/b11-9+. The van der Waals surface area contributed by atoms with Crippen molar-refractivity contribution in [2.75, 3.05) is 10.6 Å². The maximum Gasteiger partial charge on any atom is 0.257 e. The first kappa shape index (κ1) is 13.4. The van der Waals surface area contributed by atoms with E-state index in [1.807, 2.05) is 30.3 Å². The Labute approximate surface area is 123 Å². The van der Waals surface area contributed by atoms with Gasteiger partial charge >= 0.3 is 0 Å². The Hall–Kier alpha value is -2.56. The van der Waals surface area contributed by atoms with Crippen LogP contribution in [0.2, 0.25) is 0 Å². The Morgan fingerprint density at radius 1 is 1.29 bits per heavy atom. The van der Waals surface area contributed by atoms with Gasteiger partial charge in [0.2, 0.25) is 0 Å². The van der Waals surface area contributed by atoms with E-state index in [4.69, 9.17) is 4.52 Å². The molecule has 3 rings (SSSR count). The molecule has 0 unspecified atom stereocenters. The fraction of sp³-hybridized carbons (Fsp3) is 0.250. The van der Waals surface area contributed by atoms with Crippen molar-refractivity contribution in [3.8, 4) is 0 Å². The van der Waals surface area contributed by atoms with Crippen molar-refractivity contribution in [1.29, 1.82) is 0 Å². The number of amides is 1. The number of nitrogens with zero attached hydrogens (tertiary/aromatic N) is 1. The fourth-order valence-corrected chi connectivity index (χ4v) is 2.13. The second-order valence-corrected chi connectivity index (χ2v) is 6.03. The first-order valence-corrected chi connectivity index (χ1v) is 6.80. The van der Waals surface area contributed by atoms with Gasteiger partial charge in [-0.1, -0.05) is 44.1 Å². The summed E-state index contributed by atoms with van der Waals surface area (Å²) >= 11 is 0. The number of para-hydroxylation sites is 1. The summed E-state index contributed by atoms with van der Waals surface area (Å²) < 4.78 is 5.30. The topological polar surface area (TPSA) is 67.2 Å². The van der Waals surface area contributed by atoms with Crippen molar-refractivity contribution in [3.05, 3.63) is 47.9 Å². The van der Waals surface area contributed by atoms with Crippen molar-refractivity contribution >= 4 is 23.0 Å². The zero-order valence-corrected chi connectivity index (χ0v) is 12.2. The van der Waals surface area contributed by atoms with Gasteiger partial charge in [0.05, 0.1) is 5.57 Å². The van der Waals surface area contributed by atoms with Gasteiger partial charge in [-0.15, -0.1) is 0 Å². The lowest BCUT2D eigenvalue weighted by atomic mass is 9.93. The molecule has 1 aromatic heterocycles. The van der Waals surface area contributed by atoms with Crippen LogP contribution in [-0.4, -0.2) is 11.1 Å². The highest BCUT2D eigenvalue weighted by Crippen LogP contribution is 2.31. The third-order valence-electron chi connectivity index (χ3n) is 3.32. The van der Waals surface area contributed by atoms with Gasteiger partial charge in [-0.2, -0.15) is 0 Å². The molecule has 2 aromatic rings. The van der Waals surface area contributed by atoms with E-state index in [9.17, 15) is 4.79 Å². The van der Waals surface area contributed by atoms with Crippen LogP contribution in [0.3, 0.4) is 0 Å². The molecule has 0 saturated carbocycles. The van der Waals surface area contributed by atoms with E-state index in [0.717, 1.165) is 17.0 Å². The number of nitrogens with one attached hydrogen (secondary N) is 2. The van der Waals surface area contributed by atoms with Crippen LogP contribution in [0.15, 0.2) is 41.1 Å². The largest absolute Gasteiger partial charge is 0.359 e. The lowest BCUT2D eigenvalue weighted by Crippen LogP contribution is -2.09. The number of benzene rings is 1. The van der Waals surface area contributed by atoms with Gasteiger partial charge in [0.1, 0.15) is 5.76 Å². The van der Waals surface area contributed by atoms with Gasteiger partial charge in [0.25, 0.3) is 5.91 Å². The summed E-state index contributed by atoms with van der Waals surface area (Å²) in [7, 11) is 0. The number of rotatable bonds is 2. The monoisotopic (exact) mass is 283 g/mol. The molecule has 1 amide bonds. The number of carbonyl (C=O) groups excluding carboxylic acids is 1. The minimum absolute atomic E-state index is 0.0998. The Bertz CT molecular complexity index is 723. The van der Waals surface area contributed by atoms with Gasteiger partial charge in [-0.3, -0.25) is 4.79 Å². The molecular weight excluding hydrogens is 266 g/mol. The third kappa shape index (κ3) is 2.54. The SMILES string of the molecule is CC(C)(C)c1cc(N/C=C2/C(=O)Nc3ccccc32)no1. The minimum atomic E-state index is -0.122. The van der Waals surface area contributed by atoms with E-state index >= 15 is 0 Å². The lowest BCUT2D eigenvalue weighted by molar-refractivity contribution is -0.110. The van der Waals surface area contributed by atoms with Gasteiger partial charge in [-0.25, -0.2) is 0 Å². The summed E-state index contributed by atoms with van der Waals surface area (Å²) in [5.41, 5.74) is 2.20. The molecule has 0 aliphatic carbocycles. The summed E-state index contributed by atoms with van der Waals surface area (Å²) in [6.07, 6.45) is 1.66. The number of carbonyl (C=O) groups is 1. The van der Waals surface area contributed by atoms with E-state index in [-0.39, 0.29) is 11.3 Å². The van der Waals surface area contributed by atoms with Crippen molar-refractivity contribution < 1.29 is 9.32 Å². The molecule has 1 aliphatic rings. The van der Waals surface area contributed by atoms with Crippen LogP contribution in [0.25, 0.3) is 5.57 Å². The molecule has 2 N–H and O–H groups in total. The first-order valence-electron chi connectivity index (χ1n) is 6.80. The van der Waals surface area contributed by atoms with Gasteiger partial charge in [-0.05, 0) is 6.07 Å². The molecule has 1 aromatic carbocycles. The molecule has 0 bridgehead atoms. The molecule has 21 heavy (non-hydrogen) atoms. The Kier molecular flexibility index (Phi) is 3.05.